The average Bonchev–Trinajstić information content (AvgIpc) is 2.73. The molecule has 0 bridgehead atoms. The first kappa shape index (κ1) is 12.5. The van der Waals surface area contributed by atoms with Gasteiger partial charge in [0.1, 0.15) is 0 Å². The average molecular weight is 255 g/mol. The van der Waals surface area contributed by atoms with Gasteiger partial charge in [-0.3, -0.25) is 4.98 Å². The van der Waals surface area contributed by atoms with Crippen molar-refractivity contribution < 1.29 is 8.42 Å². The molecule has 1 aliphatic rings. The molecule has 6 heteroatoms. The molecular weight excluding hydrogens is 238 g/mol. The first-order valence-electron chi connectivity index (χ1n) is 5.71. The Morgan fingerprint density at radius 3 is 3.12 bits per heavy atom. The van der Waals surface area contributed by atoms with Crippen LogP contribution in [0.5, 0.6) is 0 Å². The lowest BCUT2D eigenvalue weighted by molar-refractivity contribution is 0.531. The second-order valence-corrected chi connectivity index (χ2v) is 6.16. The van der Waals surface area contributed by atoms with Gasteiger partial charge in [-0.05, 0) is 31.5 Å². The largest absolute Gasteiger partial charge is 0.308 e. The van der Waals surface area contributed by atoms with Gasteiger partial charge in [-0.15, -0.1) is 0 Å². The number of pyridine rings is 1. The summed E-state index contributed by atoms with van der Waals surface area (Å²) in [5.74, 6) is 0.0994. The minimum atomic E-state index is -3.12. The summed E-state index contributed by atoms with van der Waals surface area (Å²) in [5, 5.41) is 3.25. The summed E-state index contributed by atoms with van der Waals surface area (Å²) >= 11 is 0. The van der Waals surface area contributed by atoms with Crippen LogP contribution in [-0.2, 0) is 16.4 Å². The fraction of sp³-hybridized carbons (Fsp3) is 0.545. The van der Waals surface area contributed by atoms with Gasteiger partial charge in [0.05, 0.1) is 17.5 Å². The highest BCUT2D eigenvalue weighted by Gasteiger charge is 2.23. The molecule has 0 radical (unpaired) electrons. The van der Waals surface area contributed by atoms with Gasteiger partial charge < -0.3 is 5.32 Å². The quantitative estimate of drug-likeness (QED) is 0.789. The van der Waals surface area contributed by atoms with Crippen molar-refractivity contribution in [1.82, 2.24) is 15.0 Å². The maximum atomic E-state index is 11.3. The standard InChI is InChI=1S/C11H17N3O2S/c1-12-17(15,16)8-7-13-10-5-4-9-3-2-6-14-11(9)10/h2-3,6,10,12-13H,4-5,7-8H2,1H3. The van der Waals surface area contributed by atoms with E-state index in [1.807, 2.05) is 6.07 Å². The summed E-state index contributed by atoms with van der Waals surface area (Å²) < 4.78 is 24.8. The first-order chi connectivity index (χ1) is 8.12. The molecule has 1 aliphatic carbocycles. The molecule has 1 aromatic heterocycles. The predicted molar refractivity (Wildman–Crippen MR) is 66.1 cm³/mol. The SMILES string of the molecule is CNS(=O)(=O)CCNC1CCc2cccnc21. The second-order valence-electron chi connectivity index (χ2n) is 4.12. The van der Waals surface area contributed by atoms with Crippen molar-refractivity contribution in [2.45, 2.75) is 18.9 Å². The number of aryl methyl sites for hydroxylation is 1. The normalized spacial score (nSPS) is 19.2. The van der Waals surface area contributed by atoms with Gasteiger partial charge in [-0.2, -0.15) is 0 Å². The van der Waals surface area contributed by atoms with E-state index in [0.29, 0.717) is 6.54 Å². The van der Waals surface area contributed by atoms with Gasteiger partial charge in [0.2, 0.25) is 10.0 Å². The molecule has 0 aromatic carbocycles. The molecule has 1 unspecified atom stereocenters. The van der Waals surface area contributed by atoms with Crippen LogP contribution in [0.3, 0.4) is 0 Å². The highest BCUT2D eigenvalue weighted by atomic mass is 32.2. The van der Waals surface area contributed by atoms with Crippen LogP contribution in [0.2, 0.25) is 0 Å². The lowest BCUT2D eigenvalue weighted by Gasteiger charge is -2.12. The van der Waals surface area contributed by atoms with E-state index in [1.165, 1.54) is 12.6 Å². The van der Waals surface area contributed by atoms with Crippen molar-refractivity contribution in [2.75, 3.05) is 19.3 Å². The molecule has 2 N–H and O–H groups in total. The van der Waals surface area contributed by atoms with E-state index < -0.39 is 10.0 Å². The molecular formula is C11H17N3O2S. The lowest BCUT2D eigenvalue weighted by Crippen LogP contribution is -2.31. The Morgan fingerprint density at radius 1 is 1.53 bits per heavy atom. The molecule has 5 nitrogen and oxygen atoms in total. The Kier molecular flexibility index (Phi) is 3.76. The molecule has 1 aromatic rings. The van der Waals surface area contributed by atoms with E-state index in [4.69, 9.17) is 0 Å². The van der Waals surface area contributed by atoms with Crippen LogP contribution in [0.25, 0.3) is 0 Å². The highest BCUT2D eigenvalue weighted by Crippen LogP contribution is 2.28. The highest BCUT2D eigenvalue weighted by molar-refractivity contribution is 7.89. The van der Waals surface area contributed by atoms with E-state index >= 15 is 0 Å². The molecule has 2 rings (SSSR count). The number of aromatic nitrogens is 1. The topological polar surface area (TPSA) is 71.1 Å². The number of hydrogen-bond acceptors (Lipinski definition) is 4. The van der Waals surface area contributed by atoms with Crippen molar-refractivity contribution >= 4 is 10.0 Å². The molecule has 0 spiro atoms. The second kappa shape index (κ2) is 5.12. The molecule has 0 amide bonds. The van der Waals surface area contributed by atoms with Crippen molar-refractivity contribution in [3.63, 3.8) is 0 Å². The van der Waals surface area contributed by atoms with E-state index in [1.54, 1.807) is 6.20 Å². The number of sulfonamides is 1. The molecule has 0 saturated carbocycles. The van der Waals surface area contributed by atoms with E-state index in [0.717, 1.165) is 18.5 Å². The molecule has 0 saturated heterocycles. The minimum Gasteiger partial charge on any atom is -0.308 e. The molecule has 1 atom stereocenters. The summed E-state index contributed by atoms with van der Waals surface area (Å²) in [4.78, 5) is 4.35. The Balaban J connectivity index is 1.90. The van der Waals surface area contributed by atoms with Gasteiger partial charge in [0.15, 0.2) is 0 Å². The summed E-state index contributed by atoms with van der Waals surface area (Å²) in [6.07, 6.45) is 3.79. The third-order valence-electron chi connectivity index (χ3n) is 3.03. The number of hydrogen-bond donors (Lipinski definition) is 2. The summed E-state index contributed by atoms with van der Waals surface area (Å²) in [6, 6.07) is 4.21. The molecule has 0 fully saturated rings. The smallest absolute Gasteiger partial charge is 0.212 e. The van der Waals surface area contributed by atoms with Gasteiger partial charge in [-0.1, -0.05) is 6.07 Å². The van der Waals surface area contributed by atoms with Crippen molar-refractivity contribution in [3.05, 3.63) is 29.6 Å². The Labute approximate surface area is 102 Å². The number of nitrogens with zero attached hydrogens (tertiary/aromatic N) is 1. The Morgan fingerprint density at radius 2 is 2.35 bits per heavy atom. The number of nitrogens with one attached hydrogen (secondary N) is 2. The van der Waals surface area contributed by atoms with Crippen LogP contribution in [0, 0.1) is 0 Å². The third-order valence-corrected chi connectivity index (χ3v) is 4.39. The third kappa shape index (κ3) is 3.02. The monoisotopic (exact) mass is 255 g/mol. The van der Waals surface area contributed by atoms with Gasteiger partial charge in [0, 0.05) is 12.7 Å². The van der Waals surface area contributed by atoms with Crippen LogP contribution in [0.4, 0.5) is 0 Å². The van der Waals surface area contributed by atoms with Crippen molar-refractivity contribution in [1.29, 1.82) is 0 Å². The molecule has 0 aliphatic heterocycles. The van der Waals surface area contributed by atoms with Gasteiger partial charge >= 0.3 is 0 Å². The van der Waals surface area contributed by atoms with Crippen molar-refractivity contribution in [3.8, 4) is 0 Å². The summed E-state index contributed by atoms with van der Waals surface area (Å²) in [7, 11) is -1.69. The zero-order valence-corrected chi connectivity index (χ0v) is 10.6. The summed E-state index contributed by atoms with van der Waals surface area (Å²) in [6.45, 7) is 0.448. The van der Waals surface area contributed by atoms with Gasteiger partial charge in [-0.25, -0.2) is 13.1 Å². The van der Waals surface area contributed by atoms with Crippen LogP contribution >= 0.6 is 0 Å². The first-order valence-corrected chi connectivity index (χ1v) is 7.36. The molecule has 1 heterocycles. The van der Waals surface area contributed by atoms with Crippen LogP contribution in [0.15, 0.2) is 18.3 Å². The van der Waals surface area contributed by atoms with E-state index in [2.05, 4.69) is 21.1 Å². The zero-order valence-electron chi connectivity index (χ0n) is 9.81. The Bertz CT molecular complexity index is 487. The minimum absolute atomic E-state index is 0.0994. The van der Waals surface area contributed by atoms with Crippen LogP contribution in [0.1, 0.15) is 23.7 Å². The van der Waals surface area contributed by atoms with E-state index in [-0.39, 0.29) is 11.8 Å². The number of rotatable bonds is 5. The van der Waals surface area contributed by atoms with Crippen molar-refractivity contribution in [2.24, 2.45) is 0 Å². The predicted octanol–water partition coefficient (Wildman–Crippen LogP) is 0.208. The fourth-order valence-electron chi connectivity index (χ4n) is 2.08. The molecule has 94 valence electrons. The van der Waals surface area contributed by atoms with E-state index in [9.17, 15) is 8.42 Å². The fourth-order valence-corrected chi connectivity index (χ4v) is 2.67. The molecule has 17 heavy (non-hydrogen) atoms. The maximum absolute atomic E-state index is 11.3. The Hall–Kier alpha value is -0.980. The zero-order chi connectivity index (χ0) is 12.3. The summed E-state index contributed by atoms with van der Waals surface area (Å²) in [5.41, 5.74) is 2.33. The number of fused-ring (bicyclic) bond motifs is 1. The van der Waals surface area contributed by atoms with Crippen LogP contribution < -0.4 is 10.0 Å². The van der Waals surface area contributed by atoms with Gasteiger partial charge in [0.25, 0.3) is 0 Å². The maximum Gasteiger partial charge on any atom is 0.212 e. The van der Waals surface area contributed by atoms with Crippen LogP contribution in [-0.4, -0.2) is 32.7 Å². The lowest BCUT2D eigenvalue weighted by atomic mass is 10.2.